The first-order valence-corrected chi connectivity index (χ1v) is 7.53. The van der Waals surface area contributed by atoms with Gasteiger partial charge in [-0.05, 0) is 50.0 Å². The maximum atomic E-state index is 6.10. The van der Waals surface area contributed by atoms with Crippen LogP contribution in [-0.4, -0.2) is 31.6 Å². The third kappa shape index (κ3) is 3.63. The Labute approximate surface area is 126 Å². The van der Waals surface area contributed by atoms with Crippen LogP contribution in [0.5, 0.6) is 0 Å². The highest BCUT2D eigenvalue weighted by atomic mass is 35.5. The third-order valence-electron chi connectivity index (χ3n) is 4.18. The molecule has 1 aliphatic rings. The molecule has 2 unspecified atom stereocenters. The minimum Gasteiger partial charge on any atom is -0.316 e. The fourth-order valence-corrected chi connectivity index (χ4v) is 3.08. The normalized spacial score (nSPS) is 24.9. The molecule has 0 aromatic heterocycles. The number of rotatable bonds is 4. The fraction of sp³-hybridized carbons (Fsp3) is 0.600. The number of benzene rings is 1. The minimum atomic E-state index is 0.340. The van der Waals surface area contributed by atoms with Crippen LogP contribution < -0.4 is 5.32 Å². The highest BCUT2D eigenvalue weighted by Crippen LogP contribution is 2.31. The molecule has 1 N–H and O–H groups in total. The van der Waals surface area contributed by atoms with Gasteiger partial charge in [0.15, 0.2) is 0 Å². The number of halogens is 2. The number of nitrogens with zero attached hydrogens (tertiary/aromatic N) is 1. The molecule has 0 aliphatic carbocycles. The van der Waals surface area contributed by atoms with E-state index < -0.39 is 0 Å². The predicted molar refractivity (Wildman–Crippen MR) is 83.1 cm³/mol. The van der Waals surface area contributed by atoms with Crippen molar-refractivity contribution < 1.29 is 0 Å². The van der Waals surface area contributed by atoms with E-state index >= 15 is 0 Å². The van der Waals surface area contributed by atoms with Gasteiger partial charge in [-0.25, -0.2) is 0 Å². The van der Waals surface area contributed by atoms with Crippen molar-refractivity contribution in [2.24, 2.45) is 5.41 Å². The molecule has 1 aromatic carbocycles. The summed E-state index contributed by atoms with van der Waals surface area (Å²) < 4.78 is 0. The minimum absolute atomic E-state index is 0.340. The van der Waals surface area contributed by atoms with Crippen molar-refractivity contribution in [1.82, 2.24) is 10.2 Å². The van der Waals surface area contributed by atoms with E-state index in [1.807, 2.05) is 12.1 Å². The van der Waals surface area contributed by atoms with Crippen molar-refractivity contribution in [3.8, 4) is 0 Å². The summed E-state index contributed by atoms with van der Waals surface area (Å²) >= 11 is 12.1. The summed E-state index contributed by atoms with van der Waals surface area (Å²) in [7, 11) is 2.18. The predicted octanol–water partition coefficient (Wildman–Crippen LogP) is 3.99. The first-order valence-electron chi connectivity index (χ1n) is 6.77. The van der Waals surface area contributed by atoms with E-state index in [1.54, 1.807) is 0 Å². The molecule has 0 radical (unpaired) electrons. The fourth-order valence-electron chi connectivity index (χ4n) is 2.77. The molecular formula is C15H22Cl2N2. The standard InChI is InChI=1S/C15H22Cl2N2/c1-11(12-4-5-13(16)14(17)8-12)19(3)10-15(2)6-7-18-9-15/h4-5,8,11,18H,6-7,9-10H2,1-3H3. The summed E-state index contributed by atoms with van der Waals surface area (Å²) in [6.07, 6.45) is 1.24. The summed E-state index contributed by atoms with van der Waals surface area (Å²) in [6, 6.07) is 6.25. The lowest BCUT2D eigenvalue weighted by Crippen LogP contribution is -2.36. The van der Waals surface area contributed by atoms with Crippen LogP contribution in [0, 0.1) is 5.41 Å². The van der Waals surface area contributed by atoms with Crippen LogP contribution in [0.3, 0.4) is 0 Å². The molecule has 2 atom stereocenters. The second kappa shape index (κ2) is 6.01. The maximum Gasteiger partial charge on any atom is 0.0595 e. The molecule has 1 saturated heterocycles. The first-order chi connectivity index (χ1) is 8.91. The lowest BCUT2D eigenvalue weighted by atomic mass is 9.88. The zero-order valence-corrected chi connectivity index (χ0v) is 13.4. The molecular weight excluding hydrogens is 279 g/mol. The van der Waals surface area contributed by atoms with Crippen molar-refractivity contribution in [2.45, 2.75) is 26.3 Å². The molecule has 0 bridgehead atoms. The molecule has 1 fully saturated rings. The van der Waals surface area contributed by atoms with E-state index in [0.29, 0.717) is 21.5 Å². The van der Waals surface area contributed by atoms with E-state index in [1.165, 1.54) is 12.0 Å². The highest BCUT2D eigenvalue weighted by molar-refractivity contribution is 6.42. The molecule has 106 valence electrons. The molecule has 0 spiro atoms. The van der Waals surface area contributed by atoms with Crippen LogP contribution >= 0.6 is 23.2 Å². The Morgan fingerprint density at radius 1 is 1.37 bits per heavy atom. The van der Waals surface area contributed by atoms with Crippen molar-refractivity contribution >= 4 is 23.2 Å². The number of nitrogens with one attached hydrogen (secondary N) is 1. The van der Waals surface area contributed by atoms with Crippen LogP contribution in [0.25, 0.3) is 0 Å². The SMILES string of the molecule is CC(c1ccc(Cl)c(Cl)c1)N(C)CC1(C)CCNC1. The van der Waals surface area contributed by atoms with Gasteiger partial charge in [-0.15, -0.1) is 0 Å². The van der Waals surface area contributed by atoms with Gasteiger partial charge < -0.3 is 5.32 Å². The van der Waals surface area contributed by atoms with Crippen LogP contribution in [0.2, 0.25) is 10.0 Å². The van der Waals surface area contributed by atoms with Gasteiger partial charge in [0, 0.05) is 19.1 Å². The van der Waals surface area contributed by atoms with Crippen molar-refractivity contribution in [1.29, 1.82) is 0 Å². The average Bonchev–Trinajstić information content (AvgIpc) is 2.78. The Kier molecular flexibility index (Phi) is 4.78. The number of hydrogen-bond donors (Lipinski definition) is 1. The summed E-state index contributed by atoms with van der Waals surface area (Å²) in [6.45, 7) is 7.88. The van der Waals surface area contributed by atoms with Gasteiger partial charge in [0.05, 0.1) is 10.0 Å². The van der Waals surface area contributed by atoms with Crippen LogP contribution in [-0.2, 0) is 0 Å². The summed E-state index contributed by atoms with van der Waals surface area (Å²) in [5.74, 6) is 0. The van der Waals surface area contributed by atoms with Crippen molar-refractivity contribution in [3.05, 3.63) is 33.8 Å². The van der Waals surface area contributed by atoms with Gasteiger partial charge in [0.25, 0.3) is 0 Å². The summed E-state index contributed by atoms with van der Waals surface area (Å²) in [5.41, 5.74) is 1.59. The Bertz CT molecular complexity index is 442. The van der Waals surface area contributed by atoms with Gasteiger partial charge in [0.1, 0.15) is 0 Å². The molecule has 1 aliphatic heterocycles. The van der Waals surface area contributed by atoms with Crippen molar-refractivity contribution in [3.63, 3.8) is 0 Å². The molecule has 2 nitrogen and oxygen atoms in total. The van der Waals surface area contributed by atoms with E-state index in [9.17, 15) is 0 Å². The highest BCUT2D eigenvalue weighted by Gasteiger charge is 2.31. The molecule has 1 aromatic rings. The second-order valence-corrected chi connectivity index (χ2v) is 6.82. The monoisotopic (exact) mass is 300 g/mol. The van der Waals surface area contributed by atoms with E-state index in [4.69, 9.17) is 23.2 Å². The molecule has 19 heavy (non-hydrogen) atoms. The maximum absolute atomic E-state index is 6.10. The molecule has 1 heterocycles. The zero-order chi connectivity index (χ0) is 14.0. The number of hydrogen-bond acceptors (Lipinski definition) is 2. The second-order valence-electron chi connectivity index (χ2n) is 6.00. The third-order valence-corrected chi connectivity index (χ3v) is 4.91. The largest absolute Gasteiger partial charge is 0.316 e. The molecule has 4 heteroatoms. The zero-order valence-electron chi connectivity index (χ0n) is 11.8. The quantitative estimate of drug-likeness (QED) is 0.904. The smallest absolute Gasteiger partial charge is 0.0595 e. The summed E-state index contributed by atoms with van der Waals surface area (Å²) in [5, 5.41) is 4.70. The molecule has 0 saturated carbocycles. The van der Waals surface area contributed by atoms with Crippen LogP contribution in [0.4, 0.5) is 0 Å². The van der Waals surface area contributed by atoms with Crippen molar-refractivity contribution in [2.75, 3.05) is 26.7 Å². The Morgan fingerprint density at radius 2 is 2.11 bits per heavy atom. The van der Waals surface area contributed by atoms with E-state index in [0.717, 1.165) is 19.6 Å². The van der Waals surface area contributed by atoms with E-state index in [2.05, 4.69) is 37.2 Å². The summed E-state index contributed by atoms with van der Waals surface area (Å²) in [4.78, 5) is 2.40. The van der Waals surface area contributed by atoms with Gasteiger partial charge in [-0.3, -0.25) is 4.90 Å². The Morgan fingerprint density at radius 3 is 2.68 bits per heavy atom. The topological polar surface area (TPSA) is 15.3 Å². The van der Waals surface area contributed by atoms with Gasteiger partial charge in [-0.1, -0.05) is 36.2 Å². The first kappa shape index (κ1) is 15.1. The molecule has 0 amide bonds. The van der Waals surface area contributed by atoms with Gasteiger partial charge in [-0.2, -0.15) is 0 Å². The lowest BCUT2D eigenvalue weighted by molar-refractivity contribution is 0.169. The lowest BCUT2D eigenvalue weighted by Gasteiger charge is -2.33. The molecule has 2 rings (SSSR count). The Hall–Kier alpha value is -0.280. The average molecular weight is 301 g/mol. The van der Waals surface area contributed by atoms with Gasteiger partial charge in [0.2, 0.25) is 0 Å². The Balaban J connectivity index is 2.05. The van der Waals surface area contributed by atoms with E-state index in [-0.39, 0.29) is 0 Å². The van der Waals surface area contributed by atoms with Crippen LogP contribution in [0.1, 0.15) is 31.9 Å². The van der Waals surface area contributed by atoms with Crippen LogP contribution in [0.15, 0.2) is 18.2 Å². The van der Waals surface area contributed by atoms with Gasteiger partial charge >= 0.3 is 0 Å².